The number of aromatic nitrogens is 4. The molecule has 0 saturated carbocycles. The van der Waals surface area contributed by atoms with Crippen LogP contribution in [0.25, 0.3) is 44.3 Å². The molecule has 4 aromatic heterocycles. The van der Waals surface area contributed by atoms with Crippen molar-refractivity contribution in [3.63, 3.8) is 0 Å². The van der Waals surface area contributed by atoms with Crippen molar-refractivity contribution < 1.29 is 19.2 Å². The normalized spacial score (nSPS) is 15.7. The van der Waals surface area contributed by atoms with Crippen molar-refractivity contribution in [1.82, 2.24) is 29.7 Å². The zero-order valence-electron chi connectivity index (χ0n) is 36.5. The van der Waals surface area contributed by atoms with Gasteiger partial charge in [0.05, 0.1) is 48.7 Å². The van der Waals surface area contributed by atoms with E-state index in [1.54, 1.807) is 22.2 Å². The predicted octanol–water partition coefficient (Wildman–Crippen LogP) is 8.14. The van der Waals surface area contributed by atoms with E-state index >= 15 is 0 Å². The van der Waals surface area contributed by atoms with Crippen LogP contribution in [0, 0.1) is 0 Å². The van der Waals surface area contributed by atoms with E-state index in [9.17, 15) is 19.2 Å². The number of ketones is 1. The molecule has 3 amide bonds. The zero-order valence-corrected chi connectivity index (χ0v) is 36.5. The fourth-order valence-corrected chi connectivity index (χ4v) is 8.93. The largest absolute Gasteiger partial charge is 0.399 e. The highest BCUT2D eigenvalue weighted by Crippen LogP contribution is 2.29. The molecule has 10 rings (SSSR count). The lowest BCUT2D eigenvalue weighted by Crippen LogP contribution is -2.43. The third kappa shape index (κ3) is 10.0. The van der Waals surface area contributed by atoms with Crippen LogP contribution in [0.4, 0.5) is 17.2 Å². The van der Waals surface area contributed by atoms with Crippen molar-refractivity contribution in [3.8, 4) is 22.5 Å². The number of anilines is 3. The number of carbonyl (C=O) groups is 4. The monoisotopic (exact) mass is 877 g/mol. The lowest BCUT2D eigenvalue weighted by Gasteiger charge is -2.24. The Morgan fingerprint density at radius 2 is 1.11 bits per heavy atom. The van der Waals surface area contributed by atoms with Gasteiger partial charge in [0.1, 0.15) is 11.9 Å². The van der Waals surface area contributed by atoms with Crippen molar-refractivity contribution in [2.24, 2.45) is 0 Å². The molecule has 2 atom stereocenters. The van der Waals surface area contributed by atoms with Crippen molar-refractivity contribution in [3.05, 3.63) is 163 Å². The molecular weight excluding hydrogens is 827 g/mol. The van der Waals surface area contributed by atoms with E-state index in [4.69, 9.17) is 11.5 Å². The van der Waals surface area contributed by atoms with Gasteiger partial charge < -0.3 is 36.6 Å². The van der Waals surface area contributed by atoms with E-state index in [-0.39, 0.29) is 36.3 Å². The lowest BCUT2D eigenvalue weighted by atomic mass is 10.0. The number of amides is 3. The van der Waals surface area contributed by atoms with E-state index in [1.807, 2.05) is 127 Å². The molecule has 0 bridgehead atoms. The van der Waals surface area contributed by atoms with Gasteiger partial charge in [-0.2, -0.15) is 0 Å². The number of carbonyl (C=O) groups excluding carboxylic acids is 4. The van der Waals surface area contributed by atoms with Crippen molar-refractivity contribution >= 4 is 62.5 Å². The number of pyridine rings is 2. The molecule has 2 saturated heterocycles. The highest BCUT2D eigenvalue weighted by Gasteiger charge is 2.35. The molecule has 2 aliphatic rings. The molecule has 0 unspecified atom stereocenters. The van der Waals surface area contributed by atoms with Crippen LogP contribution in [-0.2, 0) is 38.4 Å². The number of nitrogens with one attached hydrogen (secondary N) is 3. The Morgan fingerprint density at radius 3 is 1.70 bits per heavy atom. The quantitative estimate of drug-likeness (QED) is 0.0803. The summed E-state index contributed by atoms with van der Waals surface area (Å²) in [5, 5.41) is 5.00. The molecule has 0 spiro atoms. The Hall–Kier alpha value is -8.06. The maximum Gasteiger partial charge on any atom is 0.247 e. The van der Waals surface area contributed by atoms with Crippen LogP contribution in [0.5, 0.6) is 0 Å². The smallest absolute Gasteiger partial charge is 0.247 e. The Morgan fingerprint density at radius 1 is 0.591 bits per heavy atom. The summed E-state index contributed by atoms with van der Waals surface area (Å²) in [6.07, 6.45) is 7.18. The van der Waals surface area contributed by atoms with Gasteiger partial charge in [-0.05, 0) is 96.5 Å². The van der Waals surface area contributed by atoms with Gasteiger partial charge in [-0.3, -0.25) is 24.2 Å². The number of Topliss-reactive ketones (excluding diaryl/α,β-unsaturated/α-hetero) is 1. The van der Waals surface area contributed by atoms with Crippen LogP contribution in [0.3, 0.4) is 0 Å². The zero-order chi connectivity index (χ0) is 45.6. The van der Waals surface area contributed by atoms with Gasteiger partial charge in [0.25, 0.3) is 0 Å². The Kier molecular flexibility index (Phi) is 12.7. The number of aromatic amines is 2. The molecule has 66 heavy (non-hydrogen) atoms. The number of rotatable bonds is 11. The standard InChI is InChI=1S/C40H39N5O4.C13H12N4/c46-37(35-13-7-19-44(35)38(47)21-27-9-3-1-4-10-27)25-32-23-30-24-33(43-34(30)26-41-32)29-15-17-31(18-16-29)42-40(49)36-14-8-20-45(36)39(48)22-28-11-5-2-6-12-28;14-10-3-1-8(2-4-10)11-5-9-6-13(15)16-7-12(9)17-11/h1-6,9-12,15-18,23-24,26,35-36,43H,7-8,13-14,19-22,25H2,(H,42,49);1-7,17H,14H2,(H2,15,16)/t35-,36-;/m0./s1. The molecule has 8 aromatic rings. The van der Waals surface area contributed by atoms with Crippen molar-refractivity contribution in [1.29, 1.82) is 0 Å². The number of H-pyrrole nitrogens is 2. The van der Waals surface area contributed by atoms with Gasteiger partial charge in [0.15, 0.2) is 5.78 Å². The second-order valence-electron chi connectivity index (χ2n) is 17.0. The summed E-state index contributed by atoms with van der Waals surface area (Å²) in [7, 11) is 0. The van der Waals surface area contributed by atoms with Crippen LogP contribution in [0.2, 0.25) is 0 Å². The maximum absolute atomic E-state index is 13.4. The molecule has 13 heteroatoms. The average molecular weight is 878 g/mol. The van der Waals surface area contributed by atoms with E-state index < -0.39 is 12.1 Å². The molecule has 6 heterocycles. The van der Waals surface area contributed by atoms with Crippen LogP contribution in [0.1, 0.15) is 42.5 Å². The number of hydrogen-bond acceptors (Lipinski definition) is 8. The fraction of sp³-hybridized carbons (Fsp3) is 0.208. The average Bonchev–Trinajstić information content (AvgIpc) is 4.17. The van der Waals surface area contributed by atoms with E-state index in [1.165, 1.54) is 0 Å². The fourth-order valence-electron chi connectivity index (χ4n) is 8.93. The van der Waals surface area contributed by atoms with Crippen LogP contribution >= 0.6 is 0 Å². The number of benzene rings is 4. The predicted molar refractivity (Wildman–Crippen MR) is 259 cm³/mol. The third-order valence-electron chi connectivity index (χ3n) is 12.3. The number of fused-ring (bicyclic) bond motifs is 2. The van der Waals surface area contributed by atoms with E-state index in [2.05, 4.69) is 31.3 Å². The first-order valence-corrected chi connectivity index (χ1v) is 22.3. The summed E-state index contributed by atoms with van der Waals surface area (Å²) in [4.78, 5) is 71.4. The summed E-state index contributed by atoms with van der Waals surface area (Å²) < 4.78 is 0. The van der Waals surface area contributed by atoms with Gasteiger partial charge in [0, 0.05) is 52.3 Å². The van der Waals surface area contributed by atoms with Crippen LogP contribution in [-0.4, -0.2) is 78.4 Å². The Balaban J connectivity index is 0.000000268. The molecular formula is C53H51N9O4. The molecule has 4 aromatic carbocycles. The first-order valence-electron chi connectivity index (χ1n) is 22.3. The number of hydrogen-bond donors (Lipinski definition) is 5. The summed E-state index contributed by atoms with van der Waals surface area (Å²) in [5.74, 6) is 0.322. The summed E-state index contributed by atoms with van der Waals surface area (Å²) in [6, 6.07) is 41.5. The van der Waals surface area contributed by atoms with Gasteiger partial charge in [0.2, 0.25) is 17.7 Å². The molecule has 332 valence electrons. The van der Waals surface area contributed by atoms with Gasteiger partial charge in [-0.15, -0.1) is 0 Å². The first-order chi connectivity index (χ1) is 32.1. The van der Waals surface area contributed by atoms with E-state index in [0.29, 0.717) is 49.6 Å². The van der Waals surface area contributed by atoms with Crippen molar-refractivity contribution in [2.75, 3.05) is 29.9 Å². The molecule has 13 nitrogen and oxygen atoms in total. The molecule has 2 fully saturated rings. The molecule has 2 aliphatic heterocycles. The number of nitrogens with two attached hydrogens (primary N) is 2. The number of nitrogen functional groups attached to an aromatic ring is 2. The summed E-state index contributed by atoms with van der Waals surface area (Å²) >= 11 is 0. The minimum atomic E-state index is -0.482. The van der Waals surface area contributed by atoms with Gasteiger partial charge in [-0.25, -0.2) is 4.98 Å². The van der Waals surface area contributed by atoms with E-state index in [0.717, 1.165) is 74.0 Å². The van der Waals surface area contributed by atoms with Crippen LogP contribution in [0.15, 0.2) is 146 Å². The molecule has 0 radical (unpaired) electrons. The van der Waals surface area contributed by atoms with Gasteiger partial charge >= 0.3 is 0 Å². The third-order valence-corrected chi connectivity index (χ3v) is 12.3. The number of nitrogens with zero attached hydrogens (tertiary/aromatic N) is 4. The Labute approximate surface area is 382 Å². The topological polar surface area (TPSA) is 196 Å². The number of likely N-dealkylation sites (tertiary alicyclic amines) is 2. The highest BCUT2D eigenvalue weighted by molar-refractivity contribution is 5.98. The minimum absolute atomic E-state index is 0.0132. The maximum atomic E-state index is 13.4. The second kappa shape index (κ2) is 19.4. The Bertz CT molecular complexity index is 3000. The molecule has 0 aliphatic carbocycles. The van der Waals surface area contributed by atoms with Crippen LogP contribution < -0.4 is 16.8 Å². The first kappa shape index (κ1) is 43.2. The van der Waals surface area contributed by atoms with Gasteiger partial charge in [-0.1, -0.05) is 84.9 Å². The summed E-state index contributed by atoms with van der Waals surface area (Å²) in [5.41, 5.74) is 21.1. The summed E-state index contributed by atoms with van der Waals surface area (Å²) in [6.45, 7) is 1.19. The molecule has 7 N–H and O–H groups in total. The highest BCUT2D eigenvalue weighted by atomic mass is 16.2. The lowest BCUT2D eigenvalue weighted by molar-refractivity contribution is -0.136. The SMILES string of the molecule is Nc1ccc(-c2cc3cc(N)ncc3[nH]2)cc1.O=C(Cc1cc2cc(-c3ccc(NC(=O)[C@@H]4CCCN4C(=O)Cc4ccccc4)cc3)[nH]c2cn1)[C@@H]1CCCN1C(=O)Cc1ccccc1. The van der Waals surface area contributed by atoms with Crippen molar-refractivity contribution in [2.45, 2.75) is 57.0 Å². The minimum Gasteiger partial charge on any atom is -0.399 e. The second-order valence-corrected chi connectivity index (χ2v) is 17.0.